The van der Waals surface area contributed by atoms with Gasteiger partial charge in [-0.1, -0.05) is 76.3 Å². The molecular formula is C22H36N2S2. The molecule has 1 atom stereocenters. The summed E-state index contributed by atoms with van der Waals surface area (Å²) in [6.07, 6.45) is 22.7. The van der Waals surface area contributed by atoms with Gasteiger partial charge in [-0.3, -0.25) is 4.90 Å². The van der Waals surface area contributed by atoms with Crippen molar-refractivity contribution < 1.29 is 0 Å². The number of unbranched alkanes of at least 4 members (excludes halogenated alkanes) is 6. The van der Waals surface area contributed by atoms with Gasteiger partial charge in [0.1, 0.15) is 0 Å². The van der Waals surface area contributed by atoms with Crippen LogP contribution in [0.4, 0.5) is 0 Å². The Morgan fingerprint density at radius 1 is 1.19 bits per heavy atom. The Labute approximate surface area is 170 Å². The minimum absolute atomic E-state index is 0.439. The van der Waals surface area contributed by atoms with Gasteiger partial charge < -0.3 is 4.72 Å². The molecule has 0 bridgehead atoms. The first-order chi connectivity index (χ1) is 12.8. The first kappa shape index (κ1) is 21.7. The highest BCUT2D eigenvalue weighted by Crippen LogP contribution is 2.30. The summed E-state index contributed by atoms with van der Waals surface area (Å²) in [5.41, 5.74) is 2.80. The topological polar surface area (TPSA) is 15.3 Å². The van der Waals surface area contributed by atoms with Gasteiger partial charge in [-0.05, 0) is 43.3 Å². The molecule has 0 spiro atoms. The molecule has 0 amide bonds. The number of hydrogen-bond donors (Lipinski definition) is 2. The van der Waals surface area contributed by atoms with Gasteiger partial charge in [-0.2, -0.15) is 0 Å². The minimum atomic E-state index is 0.439. The average Bonchev–Trinajstić information content (AvgIpc) is 2.67. The quantitative estimate of drug-likeness (QED) is 0.221. The van der Waals surface area contributed by atoms with Crippen LogP contribution < -0.4 is 4.72 Å². The van der Waals surface area contributed by atoms with Gasteiger partial charge in [0, 0.05) is 18.7 Å². The van der Waals surface area contributed by atoms with E-state index in [1.807, 2.05) is 0 Å². The predicted molar refractivity (Wildman–Crippen MR) is 121 cm³/mol. The van der Waals surface area contributed by atoms with Crippen LogP contribution in [0.2, 0.25) is 0 Å². The van der Waals surface area contributed by atoms with Crippen molar-refractivity contribution in [1.29, 1.82) is 0 Å². The Kier molecular flexibility index (Phi) is 10.6. The van der Waals surface area contributed by atoms with E-state index in [-0.39, 0.29) is 0 Å². The fourth-order valence-corrected chi connectivity index (χ4v) is 4.43. The molecule has 0 saturated heterocycles. The Morgan fingerprint density at radius 3 is 2.81 bits per heavy atom. The Balaban J connectivity index is 1.83. The molecule has 1 aliphatic heterocycles. The summed E-state index contributed by atoms with van der Waals surface area (Å²) < 4.78 is 4.69. The molecule has 4 heteroatoms. The molecule has 146 valence electrons. The molecule has 1 heterocycles. The number of fused-ring (bicyclic) bond motifs is 1. The van der Waals surface area contributed by atoms with E-state index in [9.17, 15) is 0 Å². The molecule has 2 aliphatic rings. The lowest BCUT2D eigenvalue weighted by Gasteiger charge is -2.37. The highest BCUT2D eigenvalue weighted by molar-refractivity contribution is 8.14. The van der Waals surface area contributed by atoms with E-state index in [1.165, 1.54) is 62.8 Å². The molecule has 0 saturated carbocycles. The minimum Gasteiger partial charge on any atom is -0.329 e. The smallest absolute Gasteiger partial charge is 0.0552 e. The number of rotatable bonds is 12. The van der Waals surface area contributed by atoms with Crippen LogP contribution in [-0.4, -0.2) is 24.0 Å². The molecule has 2 nitrogen and oxygen atoms in total. The Morgan fingerprint density at radius 2 is 2.00 bits per heavy atom. The molecule has 0 aromatic heterocycles. The van der Waals surface area contributed by atoms with Gasteiger partial charge in [-0.25, -0.2) is 0 Å². The zero-order chi connectivity index (χ0) is 18.6. The van der Waals surface area contributed by atoms with Crippen molar-refractivity contribution in [2.75, 3.05) is 13.1 Å². The van der Waals surface area contributed by atoms with Crippen molar-refractivity contribution >= 4 is 24.6 Å². The summed E-state index contributed by atoms with van der Waals surface area (Å²) in [7, 11) is 0. The van der Waals surface area contributed by atoms with Crippen LogP contribution in [-0.2, 0) is 0 Å². The standard InChI is InChI=1S/C22H36N2S2/c1-3-5-7-8-9-10-15-22(25)26-23-20-16-18-24(17-6-4-2)21-14-12-11-13-19(20)21/h11-15,21,23,25H,3-10,16-18H2,1-2H3/b22-15-. The van der Waals surface area contributed by atoms with Gasteiger partial charge in [0.2, 0.25) is 0 Å². The molecule has 26 heavy (non-hydrogen) atoms. The van der Waals surface area contributed by atoms with E-state index in [0.717, 1.165) is 23.6 Å². The first-order valence-electron chi connectivity index (χ1n) is 10.4. The second-order valence-electron chi connectivity index (χ2n) is 7.21. The molecule has 0 radical (unpaired) electrons. The third-order valence-electron chi connectivity index (χ3n) is 5.09. The van der Waals surface area contributed by atoms with Crippen molar-refractivity contribution in [2.45, 2.75) is 77.7 Å². The van der Waals surface area contributed by atoms with E-state index in [1.54, 1.807) is 11.9 Å². The molecule has 1 N–H and O–H groups in total. The summed E-state index contributed by atoms with van der Waals surface area (Å²) in [5.74, 6) is 0. The second kappa shape index (κ2) is 12.7. The lowest BCUT2D eigenvalue weighted by Crippen LogP contribution is -2.42. The monoisotopic (exact) mass is 392 g/mol. The van der Waals surface area contributed by atoms with E-state index in [0.29, 0.717) is 6.04 Å². The number of nitrogens with one attached hydrogen (secondary N) is 1. The van der Waals surface area contributed by atoms with Gasteiger partial charge in [0.25, 0.3) is 0 Å². The maximum atomic E-state index is 4.65. The fourth-order valence-electron chi connectivity index (χ4n) is 3.52. The van der Waals surface area contributed by atoms with Gasteiger partial charge in [0.05, 0.1) is 10.3 Å². The number of nitrogens with zero attached hydrogens (tertiary/aromatic N) is 1. The van der Waals surface area contributed by atoms with Crippen LogP contribution in [0.5, 0.6) is 0 Å². The molecule has 2 rings (SSSR count). The van der Waals surface area contributed by atoms with Crippen LogP contribution >= 0.6 is 24.6 Å². The van der Waals surface area contributed by atoms with E-state index >= 15 is 0 Å². The lowest BCUT2D eigenvalue weighted by atomic mass is 9.93. The van der Waals surface area contributed by atoms with Crippen molar-refractivity contribution in [3.8, 4) is 0 Å². The van der Waals surface area contributed by atoms with Crippen LogP contribution in [0.15, 0.2) is 45.9 Å². The maximum Gasteiger partial charge on any atom is 0.0552 e. The summed E-state index contributed by atoms with van der Waals surface area (Å²) in [6.45, 7) is 6.86. The highest BCUT2D eigenvalue weighted by atomic mass is 32.2. The normalized spacial score (nSPS) is 20.6. The van der Waals surface area contributed by atoms with Crippen LogP contribution in [0.25, 0.3) is 0 Å². The van der Waals surface area contributed by atoms with Gasteiger partial charge in [0.15, 0.2) is 0 Å². The SMILES string of the molecule is CCCCCCC/C=C(/S)SNC1=C2C=CC=CC2N(CCCC)CC1. The van der Waals surface area contributed by atoms with Crippen molar-refractivity contribution in [1.82, 2.24) is 9.62 Å². The third kappa shape index (κ3) is 7.21. The van der Waals surface area contributed by atoms with E-state index in [4.69, 9.17) is 0 Å². The van der Waals surface area contributed by atoms with Crippen LogP contribution in [0.1, 0.15) is 71.6 Å². The third-order valence-corrected chi connectivity index (χ3v) is 6.27. The predicted octanol–water partition coefficient (Wildman–Crippen LogP) is 6.61. The van der Waals surface area contributed by atoms with Crippen molar-refractivity contribution in [3.63, 3.8) is 0 Å². The summed E-state index contributed by atoms with van der Waals surface area (Å²) >= 11 is 6.32. The van der Waals surface area contributed by atoms with Gasteiger partial charge >= 0.3 is 0 Å². The summed E-state index contributed by atoms with van der Waals surface area (Å²) in [5, 5.41) is 0. The van der Waals surface area contributed by atoms with Gasteiger partial charge in [-0.15, -0.1) is 12.6 Å². The number of thiol groups is 1. The largest absolute Gasteiger partial charge is 0.329 e. The maximum absolute atomic E-state index is 4.65. The lowest BCUT2D eigenvalue weighted by molar-refractivity contribution is 0.237. The summed E-state index contributed by atoms with van der Waals surface area (Å²) in [6, 6.07) is 0.439. The number of hydrogen-bond acceptors (Lipinski definition) is 4. The van der Waals surface area contributed by atoms with E-state index < -0.39 is 0 Å². The van der Waals surface area contributed by atoms with Crippen molar-refractivity contribution in [3.05, 3.63) is 45.9 Å². The molecule has 1 aliphatic carbocycles. The molecule has 0 aromatic rings. The first-order valence-corrected chi connectivity index (χ1v) is 11.7. The molecule has 0 fully saturated rings. The zero-order valence-corrected chi connectivity index (χ0v) is 18.3. The fraction of sp³-hybridized carbons (Fsp3) is 0.636. The van der Waals surface area contributed by atoms with Crippen molar-refractivity contribution in [2.24, 2.45) is 0 Å². The Hall–Kier alpha value is -0.580. The van der Waals surface area contributed by atoms with Crippen LogP contribution in [0, 0.1) is 0 Å². The van der Waals surface area contributed by atoms with E-state index in [2.05, 4.69) is 66.5 Å². The molecule has 1 unspecified atom stereocenters. The summed E-state index contributed by atoms with van der Waals surface area (Å²) in [4.78, 5) is 2.61. The van der Waals surface area contributed by atoms with Crippen LogP contribution in [0.3, 0.4) is 0 Å². The molecular weight excluding hydrogens is 356 g/mol. The zero-order valence-electron chi connectivity index (χ0n) is 16.5. The average molecular weight is 393 g/mol. The number of allylic oxidation sites excluding steroid dienone is 3. The molecule has 0 aromatic carbocycles. The Bertz CT molecular complexity index is 534. The second-order valence-corrected chi connectivity index (χ2v) is 8.84. The highest BCUT2D eigenvalue weighted by Gasteiger charge is 2.27.